The zero-order valence-corrected chi connectivity index (χ0v) is 14.0. The molecule has 0 unspecified atom stereocenters. The number of pyridine rings is 1. The van der Waals surface area contributed by atoms with Crippen LogP contribution in [0.4, 0.5) is 0 Å². The van der Waals surface area contributed by atoms with Gasteiger partial charge in [-0.3, -0.25) is 9.48 Å². The molecule has 5 nitrogen and oxygen atoms in total. The van der Waals surface area contributed by atoms with E-state index in [2.05, 4.69) is 11.2 Å². The van der Waals surface area contributed by atoms with E-state index >= 15 is 0 Å². The van der Waals surface area contributed by atoms with Gasteiger partial charge in [-0.25, -0.2) is 0 Å². The van der Waals surface area contributed by atoms with E-state index in [1.165, 1.54) is 12.8 Å². The third-order valence-electron chi connectivity index (χ3n) is 4.64. The van der Waals surface area contributed by atoms with E-state index in [1.807, 2.05) is 35.4 Å². The lowest BCUT2D eigenvalue weighted by Crippen LogP contribution is -2.15. The summed E-state index contributed by atoms with van der Waals surface area (Å²) >= 11 is 0. The summed E-state index contributed by atoms with van der Waals surface area (Å²) in [6.45, 7) is 0.956. The van der Waals surface area contributed by atoms with Crippen LogP contribution >= 0.6 is 0 Å². The molecule has 1 aliphatic carbocycles. The van der Waals surface area contributed by atoms with E-state index in [0.717, 1.165) is 34.7 Å². The van der Waals surface area contributed by atoms with Gasteiger partial charge in [0.15, 0.2) is 0 Å². The first-order chi connectivity index (χ1) is 12.1. The molecule has 0 radical (unpaired) electrons. The molecule has 0 N–H and O–H groups in total. The number of nitriles is 1. The summed E-state index contributed by atoms with van der Waals surface area (Å²) in [6, 6.07) is 11.1. The van der Waals surface area contributed by atoms with Gasteiger partial charge in [0, 0.05) is 43.2 Å². The van der Waals surface area contributed by atoms with Crippen molar-refractivity contribution in [2.45, 2.75) is 19.4 Å². The largest absolute Gasteiger partial charge is 0.318 e. The second-order valence-corrected chi connectivity index (χ2v) is 6.63. The minimum Gasteiger partial charge on any atom is -0.318 e. The Balaban J connectivity index is 1.80. The van der Waals surface area contributed by atoms with Crippen molar-refractivity contribution in [3.8, 4) is 28.3 Å². The number of aryl methyl sites for hydroxylation is 1. The molecule has 5 heteroatoms. The molecule has 2 aromatic heterocycles. The van der Waals surface area contributed by atoms with Crippen molar-refractivity contribution in [1.82, 2.24) is 14.3 Å². The Morgan fingerprint density at radius 3 is 2.60 bits per heavy atom. The summed E-state index contributed by atoms with van der Waals surface area (Å²) in [4.78, 5) is 12.2. The van der Waals surface area contributed by atoms with E-state index in [-0.39, 0.29) is 5.56 Å². The minimum absolute atomic E-state index is 0.0616. The third-order valence-corrected chi connectivity index (χ3v) is 4.64. The van der Waals surface area contributed by atoms with Crippen LogP contribution in [0.15, 0.2) is 53.7 Å². The lowest BCUT2D eigenvalue weighted by atomic mass is 9.97. The smallest absolute Gasteiger partial charge is 0.250 e. The standard InChI is InChI=1S/C20H18N4O/c1-23-13-19(17-10-22-24(12-17)11-15-2-3-15)18(8-20(23)25)16-6-4-14(9-21)5-7-16/h4-8,10,12-13,15H,2-3,11H2,1H3. The number of aromatic nitrogens is 3. The molecule has 0 saturated heterocycles. The van der Waals surface area contributed by atoms with Gasteiger partial charge in [0.05, 0.1) is 17.8 Å². The Bertz CT molecular complexity index is 1020. The van der Waals surface area contributed by atoms with Crippen LogP contribution in [0.2, 0.25) is 0 Å². The van der Waals surface area contributed by atoms with Crippen molar-refractivity contribution in [2.24, 2.45) is 13.0 Å². The van der Waals surface area contributed by atoms with Crippen molar-refractivity contribution < 1.29 is 0 Å². The average Bonchev–Trinajstić information content (AvgIpc) is 3.32. The van der Waals surface area contributed by atoms with Crippen molar-refractivity contribution in [1.29, 1.82) is 5.26 Å². The van der Waals surface area contributed by atoms with E-state index in [4.69, 9.17) is 5.26 Å². The van der Waals surface area contributed by atoms with Crippen LogP contribution in [-0.2, 0) is 13.6 Å². The Morgan fingerprint density at radius 1 is 1.16 bits per heavy atom. The first-order valence-corrected chi connectivity index (χ1v) is 8.38. The Kier molecular flexibility index (Phi) is 3.73. The van der Waals surface area contributed by atoms with Crippen LogP contribution in [-0.4, -0.2) is 14.3 Å². The van der Waals surface area contributed by atoms with Gasteiger partial charge < -0.3 is 4.57 Å². The van der Waals surface area contributed by atoms with Crippen molar-refractivity contribution in [3.05, 3.63) is 64.8 Å². The molecule has 0 bridgehead atoms. The molecule has 0 aliphatic heterocycles. The summed E-state index contributed by atoms with van der Waals surface area (Å²) in [6.07, 6.45) is 8.33. The predicted octanol–water partition coefficient (Wildman–Crippen LogP) is 3.20. The molecule has 0 amide bonds. The maximum Gasteiger partial charge on any atom is 0.250 e. The fraction of sp³-hybridized carbons (Fsp3) is 0.250. The van der Waals surface area contributed by atoms with Gasteiger partial charge in [0.2, 0.25) is 0 Å². The average molecular weight is 330 g/mol. The topological polar surface area (TPSA) is 63.6 Å². The minimum atomic E-state index is -0.0616. The van der Waals surface area contributed by atoms with Gasteiger partial charge in [0.25, 0.3) is 5.56 Å². The molecule has 3 aromatic rings. The van der Waals surface area contributed by atoms with Crippen LogP contribution in [0.1, 0.15) is 18.4 Å². The molecular weight excluding hydrogens is 312 g/mol. The van der Waals surface area contributed by atoms with E-state index in [1.54, 1.807) is 29.8 Å². The van der Waals surface area contributed by atoms with Crippen LogP contribution in [0.5, 0.6) is 0 Å². The SMILES string of the molecule is Cn1cc(-c2cnn(CC3CC3)c2)c(-c2ccc(C#N)cc2)cc1=O. The highest BCUT2D eigenvalue weighted by Gasteiger charge is 2.22. The number of nitrogens with zero attached hydrogens (tertiary/aromatic N) is 4. The Labute approximate surface area is 145 Å². The lowest BCUT2D eigenvalue weighted by Gasteiger charge is -2.10. The van der Waals surface area contributed by atoms with Crippen LogP contribution in [0.25, 0.3) is 22.3 Å². The third kappa shape index (κ3) is 3.11. The highest BCUT2D eigenvalue weighted by molar-refractivity contribution is 5.82. The molecule has 0 atom stereocenters. The molecule has 124 valence electrons. The Hall–Kier alpha value is -3.13. The van der Waals surface area contributed by atoms with Gasteiger partial charge in [-0.15, -0.1) is 0 Å². The van der Waals surface area contributed by atoms with Crippen molar-refractivity contribution in [3.63, 3.8) is 0 Å². The molecule has 1 saturated carbocycles. The van der Waals surface area contributed by atoms with E-state index in [9.17, 15) is 4.79 Å². The molecule has 25 heavy (non-hydrogen) atoms. The maximum atomic E-state index is 12.2. The zero-order chi connectivity index (χ0) is 17.4. The normalized spacial score (nSPS) is 13.6. The fourth-order valence-electron chi connectivity index (χ4n) is 2.99. The first-order valence-electron chi connectivity index (χ1n) is 8.38. The summed E-state index contributed by atoms with van der Waals surface area (Å²) in [7, 11) is 1.75. The summed E-state index contributed by atoms with van der Waals surface area (Å²) in [5, 5.41) is 13.5. The van der Waals surface area contributed by atoms with Gasteiger partial charge in [-0.05, 0) is 42.0 Å². The molecule has 4 rings (SSSR count). The first kappa shape index (κ1) is 15.4. The van der Waals surface area contributed by atoms with Crippen LogP contribution in [0, 0.1) is 17.2 Å². The molecular formula is C20H18N4O. The molecule has 1 aliphatic rings. The molecule has 1 aromatic carbocycles. The van der Waals surface area contributed by atoms with Gasteiger partial charge in [-0.1, -0.05) is 12.1 Å². The summed E-state index contributed by atoms with van der Waals surface area (Å²) in [5.74, 6) is 0.755. The van der Waals surface area contributed by atoms with Crippen LogP contribution in [0.3, 0.4) is 0 Å². The Morgan fingerprint density at radius 2 is 1.92 bits per heavy atom. The van der Waals surface area contributed by atoms with Crippen molar-refractivity contribution in [2.75, 3.05) is 0 Å². The highest BCUT2D eigenvalue weighted by atomic mass is 16.1. The lowest BCUT2D eigenvalue weighted by molar-refractivity contribution is 0.563. The van der Waals surface area contributed by atoms with E-state index in [0.29, 0.717) is 5.56 Å². The fourth-order valence-corrected chi connectivity index (χ4v) is 2.99. The second kappa shape index (κ2) is 6.06. The number of rotatable bonds is 4. The van der Waals surface area contributed by atoms with Crippen LogP contribution < -0.4 is 5.56 Å². The predicted molar refractivity (Wildman–Crippen MR) is 95.8 cm³/mol. The van der Waals surface area contributed by atoms with E-state index < -0.39 is 0 Å². The summed E-state index contributed by atoms with van der Waals surface area (Å²) < 4.78 is 3.57. The molecule has 1 fully saturated rings. The summed E-state index contributed by atoms with van der Waals surface area (Å²) in [5.41, 5.74) is 4.28. The quantitative estimate of drug-likeness (QED) is 0.738. The monoisotopic (exact) mass is 330 g/mol. The maximum absolute atomic E-state index is 12.2. The molecule has 2 heterocycles. The van der Waals surface area contributed by atoms with Gasteiger partial charge >= 0.3 is 0 Å². The molecule has 0 spiro atoms. The second-order valence-electron chi connectivity index (χ2n) is 6.63. The number of hydrogen-bond acceptors (Lipinski definition) is 3. The van der Waals surface area contributed by atoms with Gasteiger partial charge in [0.1, 0.15) is 0 Å². The number of benzene rings is 1. The van der Waals surface area contributed by atoms with Gasteiger partial charge in [-0.2, -0.15) is 10.4 Å². The zero-order valence-electron chi connectivity index (χ0n) is 14.0. The highest BCUT2D eigenvalue weighted by Crippen LogP contribution is 2.33. The number of hydrogen-bond donors (Lipinski definition) is 0. The van der Waals surface area contributed by atoms with Crippen molar-refractivity contribution >= 4 is 0 Å².